The third kappa shape index (κ3) is 0.555. The van der Waals surface area contributed by atoms with Gasteiger partial charge in [0.05, 0.1) is 5.92 Å². The predicted octanol–water partition coefficient (Wildman–Crippen LogP) is -0.0251. The molecular formula is C7H8O4. The Labute approximate surface area is 63.1 Å². The lowest BCUT2D eigenvalue weighted by atomic mass is 9.89. The Hall–Kier alpha value is -0.610. The Morgan fingerprint density at radius 1 is 1.45 bits per heavy atom. The summed E-state index contributed by atoms with van der Waals surface area (Å²) in [4.78, 5) is 10.6. The third-order valence-electron chi connectivity index (χ3n) is 2.79. The van der Waals surface area contributed by atoms with Crippen molar-refractivity contribution in [1.29, 1.82) is 0 Å². The van der Waals surface area contributed by atoms with Crippen LogP contribution >= 0.6 is 0 Å². The number of ether oxygens (including phenoxy) is 2. The van der Waals surface area contributed by atoms with Crippen LogP contribution < -0.4 is 0 Å². The molecule has 0 aromatic heterocycles. The van der Waals surface area contributed by atoms with Crippen LogP contribution in [0.5, 0.6) is 0 Å². The van der Waals surface area contributed by atoms with Gasteiger partial charge in [-0.3, -0.25) is 4.79 Å². The summed E-state index contributed by atoms with van der Waals surface area (Å²) in [5.41, 5.74) is 0. The lowest BCUT2D eigenvalue weighted by Gasteiger charge is -2.09. The molecule has 2 saturated heterocycles. The first-order chi connectivity index (χ1) is 5.24. The fraction of sp³-hybridized carbons (Fsp3) is 0.857. The minimum atomic E-state index is -0.749. The van der Waals surface area contributed by atoms with E-state index in [1.807, 2.05) is 0 Å². The van der Waals surface area contributed by atoms with Crippen LogP contribution in [-0.2, 0) is 14.3 Å². The van der Waals surface area contributed by atoms with Crippen LogP contribution in [0.15, 0.2) is 0 Å². The van der Waals surface area contributed by atoms with Crippen molar-refractivity contribution in [3.63, 3.8) is 0 Å². The molecule has 0 amide bonds. The standard InChI is InChI=1S/C7H8O4/c8-6(9)3-1-2-4-7(10-4)5(3)11-7/h3-5H,1-2H2,(H,8,9). The fourth-order valence-electron chi connectivity index (χ4n) is 2.06. The monoisotopic (exact) mass is 156 g/mol. The quantitative estimate of drug-likeness (QED) is 0.542. The summed E-state index contributed by atoms with van der Waals surface area (Å²) >= 11 is 0. The van der Waals surface area contributed by atoms with Crippen LogP contribution in [0.25, 0.3) is 0 Å². The van der Waals surface area contributed by atoms with Crippen LogP contribution in [0.4, 0.5) is 0 Å². The molecule has 4 atom stereocenters. The van der Waals surface area contributed by atoms with Crippen molar-refractivity contribution in [2.45, 2.75) is 30.8 Å². The molecule has 0 radical (unpaired) electrons. The Morgan fingerprint density at radius 2 is 2.27 bits per heavy atom. The lowest BCUT2D eigenvalue weighted by molar-refractivity contribution is -0.142. The van der Waals surface area contributed by atoms with Gasteiger partial charge in [-0.15, -0.1) is 0 Å². The largest absolute Gasteiger partial charge is 0.481 e. The number of epoxide rings is 2. The molecule has 1 spiro atoms. The average Bonchev–Trinajstić information content (AvgIpc) is 2.70. The van der Waals surface area contributed by atoms with Gasteiger partial charge in [-0.25, -0.2) is 0 Å². The van der Waals surface area contributed by atoms with E-state index in [0.29, 0.717) is 6.42 Å². The molecule has 0 aromatic rings. The first-order valence-electron chi connectivity index (χ1n) is 3.82. The molecule has 4 nitrogen and oxygen atoms in total. The second-order valence-corrected chi connectivity index (χ2v) is 3.39. The molecule has 0 bridgehead atoms. The molecule has 2 aliphatic heterocycles. The van der Waals surface area contributed by atoms with Crippen molar-refractivity contribution in [2.75, 3.05) is 0 Å². The maximum atomic E-state index is 10.6. The van der Waals surface area contributed by atoms with Gasteiger partial charge >= 0.3 is 5.97 Å². The molecule has 2 heterocycles. The maximum absolute atomic E-state index is 10.6. The predicted molar refractivity (Wildman–Crippen MR) is 32.8 cm³/mol. The summed E-state index contributed by atoms with van der Waals surface area (Å²) in [5, 5.41) is 8.73. The molecule has 60 valence electrons. The molecule has 3 rings (SSSR count). The van der Waals surface area contributed by atoms with E-state index in [4.69, 9.17) is 14.6 Å². The third-order valence-corrected chi connectivity index (χ3v) is 2.79. The number of hydrogen-bond acceptors (Lipinski definition) is 3. The van der Waals surface area contributed by atoms with Gasteiger partial charge in [0.15, 0.2) is 0 Å². The van der Waals surface area contributed by atoms with Crippen LogP contribution in [-0.4, -0.2) is 29.1 Å². The SMILES string of the molecule is O=C(O)C1CCC2OC23OC13. The van der Waals surface area contributed by atoms with E-state index in [1.54, 1.807) is 0 Å². The van der Waals surface area contributed by atoms with Crippen LogP contribution in [0, 0.1) is 5.92 Å². The molecule has 1 N–H and O–H groups in total. The first kappa shape index (κ1) is 5.97. The summed E-state index contributed by atoms with van der Waals surface area (Å²) < 4.78 is 10.4. The van der Waals surface area contributed by atoms with Gasteiger partial charge in [0.25, 0.3) is 0 Å². The Balaban J connectivity index is 1.84. The molecular weight excluding hydrogens is 148 g/mol. The molecule has 4 unspecified atom stereocenters. The van der Waals surface area contributed by atoms with Crippen LogP contribution in [0.1, 0.15) is 12.8 Å². The fourth-order valence-corrected chi connectivity index (χ4v) is 2.06. The summed E-state index contributed by atoms with van der Waals surface area (Å²) in [6.45, 7) is 0. The molecule has 11 heavy (non-hydrogen) atoms. The minimum Gasteiger partial charge on any atom is -0.481 e. The Morgan fingerprint density at radius 3 is 3.00 bits per heavy atom. The average molecular weight is 156 g/mol. The minimum absolute atomic E-state index is 0.140. The van der Waals surface area contributed by atoms with Crippen molar-refractivity contribution in [3.8, 4) is 0 Å². The number of carboxylic acids is 1. The zero-order valence-corrected chi connectivity index (χ0v) is 5.82. The lowest BCUT2D eigenvalue weighted by Crippen LogP contribution is -2.26. The van der Waals surface area contributed by atoms with Crippen molar-refractivity contribution >= 4 is 5.97 Å². The van der Waals surface area contributed by atoms with E-state index in [9.17, 15) is 4.79 Å². The van der Waals surface area contributed by atoms with Crippen molar-refractivity contribution < 1.29 is 19.4 Å². The summed E-state index contributed by atoms with van der Waals surface area (Å²) in [6, 6.07) is 0. The molecule has 3 fully saturated rings. The highest BCUT2D eigenvalue weighted by molar-refractivity contribution is 5.72. The number of carboxylic acid groups (broad SMARTS) is 1. The first-order valence-corrected chi connectivity index (χ1v) is 3.82. The van der Waals surface area contributed by atoms with E-state index >= 15 is 0 Å². The van der Waals surface area contributed by atoms with Crippen molar-refractivity contribution in [3.05, 3.63) is 0 Å². The second kappa shape index (κ2) is 1.44. The van der Waals surface area contributed by atoms with Crippen LogP contribution in [0.3, 0.4) is 0 Å². The molecule has 0 aromatic carbocycles. The van der Waals surface area contributed by atoms with Gasteiger partial charge < -0.3 is 14.6 Å². The van der Waals surface area contributed by atoms with Gasteiger partial charge in [0, 0.05) is 0 Å². The molecule has 1 saturated carbocycles. The van der Waals surface area contributed by atoms with Crippen molar-refractivity contribution in [1.82, 2.24) is 0 Å². The van der Waals surface area contributed by atoms with E-state index in [0.717, 1.165) is 6.42 Å². The number of carbonyl (C=O) groups is 1. The van der Waals surface area contributed by atoms with Crippen molar-refractivity contribution in [2.24, 2.45) is 5.92 Å². The smallest absolute Gasteiger partial charge is 0.309 e. The summed E-state index contributed by atoms with van der Waals surface area (Å²) in [5.74, 6) is -1.49. The summed E-state index contributed by atoms with van der Waals surface area (Å²) in [6.07, 6.45) is 1.61. The van der Waals surface area contributed by atoms with Gasteiger partial charge in [-0.1, -0.05) is 0 Å². The van der Waals surface area contributed by atoms with E-state index in [1.165, 1.54) is 0 Å². The van der Waals surface area contributed by atoms with Gasteiger partial charge in [0.2, 0.25) is 5.79 Å². The molecule has 1 aliphatic carbocycles. The number of rotatable bonds is 1. The number of hydrogen-bond donors (Lipinski definition) is 1. The van der Waals surface area contributed by atoms with Gasteiger partial charge in [0.1, 0.15) is 12.2 Å². The Kier molecular flexibility index (Phi) is 0.784. The highest BCUT2D eigenvalue weighted by atomic mass is 16.9. The summed E-state index contributed by atoms with van der Waals surface area (Å²) in [7, 11) is 0. The number of aliphatic carboxylic acids is 1. The molecule has 3 aliphatic rings. The normalized spacial score (nSPS) is 57.6. The highest BCUT2D eigenvalue weighted by Crippen LogP contribution is 2.63. The van der Waals surface area contributed by atoms with Gasteiger partial charge in [-0.2, -0.15) is 0 Å². The van der Waals surface area contributed by atoms with E-state index < -0.39 is 11.8 Å². The van der Waals surface area contributed by atoms with E-state index in [-0.39, 0.29) is 18.1 Å². The maximum Gasteiger partial charge on any atom is 0.309 e. The van der Waals surface area contributed by atoms with Gasteiger partial charge in [-0.05, 0) is 12.8 Å². The Bertz CT molecular complexity index is 239. The second-order valence-electron chi connectivity index (χ2n) is 3.39. The zero-order chi connectivity index (χ0) is 7.64. The molecule has 4 heteroatoms. The topological polar surface area (TPSA) is 62.4 Å². The zero-order valence-electron chi connectivity index (χ0n) is 5.82. The van der Waals surface area contributed by atoms with Crippen LogP contribution in [0.2, 0.25) is 0 Å². The van der Waals surface area contributed by atoms with E-state index in [2.05, 4.69) is 0 Å². The highest BCUT2D eigenvalue weighted by Gasteiger charge is 2.81.